The molecule has 0 saturated carbocycles. The van der Waals surface area contributed by atoms with Crippen LogP contribution in [0.1, 0.15) is 26.5 Å². The van der Waals surface area contributed by atoms with Crippen molar-refractivity contribution < 1.29 is 18.0 Å². The van der Waals surface area contributed by atoms with Gasteiger partial charge in [-0.2, -0.15) is 18.2 Å². The van der Waals surface area contributed by atoms with Gasteiger partial charge in [0.1, 0.15) is 5.69 Å². The minimum absolute atomic E-state index is 0.0727. The number of rotatable bonds is 5. The normalized spacial score (nSPS) is 11.5. The van der Waals surface area contributed by atoms with Crippen LogP contribution in [0.3, 0.4) is 0 Å². The summed E-state index contributed by atoms with van der Waals surface area (Å²) in [5.74, 6) is -0.878. The third-order valence-corrected chi connectivity index (χ3v) is 5.93. The maximum atomic E-state index is 14.4. The topological polar surface area (TPSA) is 52.0 Å². The highest BCUT2D eigenvalue weighted by molar-refractivity contribution is 7.12. The summed E-state index contributed by atoms with van der Waals surface area (Å²) in [5.41, 5.74) is -3.04. The zero-order chi connectivity index (χ0) is 22.9. The Balaban J connectivity index is 2.08. The van der Waals surface area contributed by atoms with Gasteiger partial charge < -0.3 is 0 Å². The number of benzene rings is 2. The lowest BCUT2D eigenvalue weighted by Gasteiger charge is -2.21. The van der Waals surface area contributed by atoms with Crippen LogP contribution in [0.25, 0.3) is 11.3 Å². The lowest BCUT2D eigenvalue weighted by Crippen LogP contribution is -2.34. The first-order valence-corrected chi connectivity index (χ1v) is 10.6. The van der Waals surface area contributed by atoms with Crippen LogP contribution < -0.4 is 5.69 Å². The Morgan fingerprint density at radius 1 is 1.00 bits per heavy atom. The van der Waals surface area contributed by atoms with E-state index in [1.54, 1.807) is 53.9 Å². The van der Waals surface area contributed by atoms with Gasteiger partial charge in [-0.15, -0.1) is 11.3 Å². The Labute approximate surface area is 189 Å². The van der Waals surface area contributed by atoms with Crippen molar-refractivity contribution in [2.24, 2.45) is 0 Å². The molecule has 0 bridgehead atoms. The van der Waals surface area contributed by atoms with Crippen molar-refractivity contribution in [3.63, 3.8) is 0 Å². The average Bonchev–Trinajstić information content (AvgIpc) is 3.29. The van der Waals surface area contributed by atoms with Gasteiger partial charge in [0.05, 0.1) is 22.7 Å². The molecule has 2 heterocycles. The van der Waals surface area contributed by atoms with E-state index in [4.69, 9.17) is 11.6 Å². The van der Waals surface area contributed by atoms with Crippen LogP contribution in [0, 0.1) is 0 Å². The van der Waals surface area contributed by atoms with Crippen molar-refractivity contribution in [3.05, 3.63) is 109 Å². The Morgan fingerprint density at radius 3 is 2.31 bits per heavy atom. The van der Waals surface area contributed by atoms with E-state index in [1.165, 1.54) is 18.2 Å². The number of ketones is 1. The first-order valence-electron chi connectivity index (χ1n) is 9.36. The van der Waals surface area contributed by atoms with Crippen LogP contribution in [0.2, 0.25) is 5.02 Å². The summed E-state index contributed by atoms with van der Waals surface area (Å²) in [6.45, 7) is -0.394. The molecule has 0 fully saturated rings. The second-order valence-electron chi connectivity index (χ2n) is 6.82. The lowest BCUT2D eigenvalue weighted by atomic mass is 9.99. The summed E-state index contributed by atoms with van der Waals surface area (Å²) in [6, 6.07) is 17.2. The molecule has 0 radical (unpaired) electrons. The van der Waals surface area contributed by atoms with Crippen molar-refractivity contribution >= 4 is 28.7 Å². The quantitative estimate of drug-likeness (QED) is 0.337. The maximum absolute atomic E-state index is 14.4. The van der Waals surface area contributed by atoms with Gasteiger partial charge in [0.2, 0.25) is 5.78 Å². The summed E-state index contributed by atoms with van der Waals surface area (Å²) in [7, 11) is 0. The van der Waals surface area contributed by atoms with E-state index in [0.717, 1.165) is 11.3 Å². The fourth-order valence-electron chi connectivity index (χ4n) is 3.36. The van der Waals surface area contributed by atoms with E-state index in [0.29, 0.717) is 10.1 Å². The summed E-state index contributed by atoms with van der Waals surface area (Å²) in [5, 5.41) is 1.66. The third-order valence-electron chi connectivity index (χ3n) is 4.73. The minimum Gasteiger partial charge on any atom is -0.288 e. The van der Waals surface area contributed by atoms with Gasteiger partial charge >= 0.3 is 11.9 Å². The highest BCUT2D eigenvalue weighted by atomic mass is 35.5. The van der Waals surface area contributed by atoms with Gasteiger partial charge in [0.15, 0.2) is 0 Å². The highest BCUT2D eigenvalue weighted by Gasteiger charge is 2.42. The maximum Gasteiger partial charge on any atom is 0.432 e. The SMILES string of the molecule is O=C(c1cccs1)c1c(-c2ccccc2Cl)nc(=O)n(Cc2ccccc2)c1C(F)(F)F. The fraction of sp³-hybridized carbons (Fsp3) is 0.0870. The summed E-state index contributed by atoms with van der Waals surface area (Å²) >= 11 is 7.21. The first kappa shape index (κ1) is 22.0. The number of carbonyl (C=O) groups is 1. The zero-order valence-electron chi connectivity index (χ0n) is 16.3. The number of nitrogens with zero attached hydrogens (tertiary/aromatic N) is 2. The standard InChI is InChI=1S/C23H14ClF3N2O2S/c24-16-10-5-4-9-15(16)19-18(20(30)17-11-6-12-32-17)21(23(25,26)27)29(22(31)28-19)13-14-7-2-1-3-8-14/h1-12H,13H2. The second kappa shape index (κ2) is 8.72. The second-order valence-corrected chi connectivity index (χ2v) is 8.18. The van der Waals surface area contributed by atoms with Gasteiger partial charge in [-0.1, -0.05) is 66.2 Å². The first-order chi connectivity index (χ1) is 15.3. The Hall–Kier alpha value is -3.23. The van der Waals surface area contributed by atoms with E-state index in [1.807, 2.05) is 0 Å². The molecule has 0 saturated heterocycles. The van der Waals surface area contributed by atoms with Crippen LogP contribution in [0.4, 0.5) is 13.2 Å². The number of carbonyl (C=O) groups excluding carboxylic acids is 1. The van der Waals surface area contributed by atoms with E-state index in [2.05, 4.69) is 4.98 Å². The Bertz CT molecular complexity index is 1330. The monoisotopic (exact) mass is 474 g/mol. The number of thiophene rings is 1. The van der Waals surface area contributed by atoms with E-state index in [9.17, 15) is 22.8 Å². The molecule has 4 nitrogen and oxygen atoms in total. The molecule has 0 N–H and O–H groups in total. The molecule has 9 heteroatoms. The average molecular weight is 475 g/mol. The molecule has 32 heavy (non-hydrogen) atoms. The summed E-state index contributed by atoms with van der Waals surface area (Å²) in [6.07, 6.45) is -5.00. The molecule has 4 rings (SSSR count). The van der Waals surface area contributed by atoms with Crippen LogP contribution in [0.15, 0.2) is 76.9 Å². The lowest BCUT2D eigenvalue weighted by molar-refractivity contribution is -0.144. The molecule has 162 valence electrons. The fourth-order valence-corrected chi connectivity index (χ4v) is 4.25. The summed E-state index contributed by atoms with van der Waals surface area (Å²) in [4.78, 5) is 30.2. The van der Waals surface area contributed by atoms with Crippen LogP contribution in [0.5, 0.6) is 0 Å². The molecule has 2 aromatic carbocycles. The van der Waals surface area contributed by atoms with Crippen molar-refractivity contribution in [2.45, 2.75) is 12.7 Å². The molecule has 2 aromatic heterocycles. The van der Waals surface area contributed by atoms with E-state index >= 15 is 0 Å². The molecular weight excluding hydrogens is 461 g/mol. The minimum atomic E-state index is -5.00. The number of alkyl halides is 3. The van der Waals surface area contributed by atoms with Gasteiger partial charge in [-0.05, 0) is 23.1 Å². The molecule has 0 aliphatic heterocycles. The van der Waals surface area contributed by atoms with Gasteiger partial charge in [-0.3, -0.25) is 9.36 Å². The molecule has 4 aromatic rings. The molecule has 0 unspecified atom stereocenters. The number of hydrogen-bond donors (Lipinski definition) is 0. The van der Waals surface area contributed by atoms with E-state index in [-0.39, 0.29) is 15.5 Å². The largest absolute Gasteiger partial charge is 0.432 e. The van der Waals surface area contributed by atoms with Gasteiger partial charge in [0.25, 0.3) is 0 Å². The molecule has 0 amide bonds. The molecule has 0 aliphatic carbocycles. The van der Waals surface area contributed by atoms with E-state index < -0.39 is 41.1 Å². The number of halogens is 4. The van der Waals surface area contributed by atoms with Crippen molar-refractivity contribution in [1.82, 2.24) is 9.55 Å². The van der Waals surface area contributed by atoms with Crippen molar-refractivity contribution in [1.29, 1.82) is 0 Å². The van der Waals surface area contributed by atoms with Gasteiger partial charge in [-0.25, -0.2) is 4.79 Å². The molecule has 0 aliphatic rings. The molecule has 0 spiro atoms. The number of hydrogen-bond acceptors (Lipinski definition) is 4. The smallest absolute Gasteiger partial charge is 0.288 e. The van der Waals surface area contributed by atoms with Gasteiger partial charge in [0, 0.05) is 10.6 Å². The van der Waals surface area contributed by atoms with Crippen LogP contribution in [-0.2, 0) is 12.7 Å². The predicted octanol–water partition coefficient (Wildman–Crippen LogP) is 5.92. The third kappa shape index (κ3) is 4.24. The summed E-state index contributed by atoms with van der Waals surface area (Å²) < 4.78 is 43.8. The Kier molecular flexibility index (Phi) is 5.99. The zero-order valence-corrected chi connectivity index (χ0v) is 17.8. The van der Waals surface area contributed by atoms with Crippen LogP contribution >= 0.6 is 22.9 Å². The highest BCUT2D eigenvalue weighted by Crippen LogP contribution is 2.38. The molecular formula is C23H14ClF3N2O2S. The Morgan fingerprint density at radius 2 is 1.69 bits per heavy atom. The number of aromatic nitrogens is 2. The van der Waals surface area contributed by atoms with Crippen LogP contribution in [-0.4, -0.2) is 15.3 Å². The molecule has 0 atom stereocenters. The van der Waals surface area contributed by atoms with Crippen molar-refractivity contribution in [3.8, 4) is 11.3 Å². The van der Waals surface area contributed by atoms with Crippen molar-refractivity contribution in [2.75, 3.05) is 0 Å². The predicted molar refractivity (Wildman–Crippen MR) is 117 cm³/mol.